The SMILES string of the molecule is O=C(O)CC(O)(CC(=O)OC(=O)CCC(=O)OC(=O)CC(O)(CC(=O)O)C(=O)O)C(=O)O.[Fe].[Fe].[NaH].[NaH]. The van der Waals surface area contributed by atoms with Crippen LogP contribution in [0.5, 0.6) is 0 Å². The third-order valence-corrected chi connectivity index (χ3v) is 3.55. The van der Waals surface area contributed by atoms with Gasteiger partial charge in [-0.2, -0.15) is 0 Å². The van der Waals surface area contributed by atoms with Crippen molar-refractivity contribution < 1.29 is 113 Å². The van der Waals surface area contributed by atoms with Crippen LogP contribution in [0.4, 0.5) is 0 Å². The first-order chi connectivity index (χ1) is 14.5. The van der Waals surface area contributed by atoms with Gasteiger partial charge in [0.05, 0.1) is 38.5 Å². The van der Waals surface area contributed by atoms with Crippen LogP contribution in [-0.2, 0) is 82.0 Å². The Bertz CT molecular complexity index is 782. The summed E-state index contributed by atoms with van der Waals surface area (Å²) in [5.41, 5.74) is -6.13. The molecular weight excluding hydrogens is 606 g/mol. The number of carboxylic acids is 4. The Labute approximate surface area is 267 Å². The van der Waals surface area contributed by atoms with Gasteiger partial charge in [0.2, 0.25) is 0 Å². The Morgan fingerprint density at radius 3 is 0.944 bits per heavy atom. The summed E-state index contributed by atoms with van der Waals surface area (Å²) in [5, 5.41) is 54.0. The topological polar surface area (TPSA) is 276 Å². The van der Waals surface area contributed by atoms with Crippen molar-refractivity contribution in [2.24, 2.45) is 0 Å². The standard InChI is InChI=1S/C16H18O16.2Fe.2Na.2H/c17-7(18)3-15(29,13(25)26)5-11(23)31-9(21)1-2-10(22)32-12(24)6-16(30,14(27)28)4-8(19)20;;;;;;/h29-30H,1-6H2,(H,17,18)(H,19,20)(H,25,26)(H,27,28);;;;;;. The maximum atomic E-state index is 11.5. The summed E-state index contributed by atoms with van der Waals surface area (Å²) in [4.78, 5) is 89.0. The quantitative estimate of drug-likeness (QED) is 0.0645. The van der Waals surface area contributed by atoms with Crippen LogP contribution < -0.4 is 0 Å². The zero-order valence-electron chi connectivity index (χ0n) is 16.7. The van der Waals surface area contributed by atoms with Crippen LogP contribution in [0.3, 0.4) is 0 Å². The summed E-state index contributed by atoms with van der Waals surface area (Å²) >= 11 is 0. The summed E-state index contributed by atoms with van der Waals surface area (Å²) in [5.74, 6) is -13.8. The molecule has 0 fully saturated rings. The van der Waals surface area contributed by atoms with E-state index in [1.54, 1.807) is 0 Å². The summed E-state index contributed by atoms with van der Waals surface area (Å²) in [6.45, 7) is 0. The van der Waals surface area contributed by atoms with Gasteiger partial charge in [0.1, 0.15) is 0 Å². The van der Waals surface area contributed by atoms with E-state index in [-0.39, 0.29) is 93.3 Å². The van der Waals surface area contributed by atoms with E-state index >= 15 is 0 Å². The molecule has 0 bridgehead atoms. The van der Waals surface area contributed by atoms with Crippen molar-refractivity contribution >= 4 is 107 Å². The molecule has 0 aliphatic rings. The molecule has 0 amide bonds. The average Bonchev–Trinajstić information content (AvgIpc) is 2.57. The molecule has 6 N–H and O–H groups in total. The molecule has 2 atom stereocenters. The first kappa shape index (κ1) is 45.1. The van der Waals surface area contributed by atoms with Crippen molar-refractivity contribution in [3.05, 3.63) is 0 Å². The summed E-state index contributed by atoms with van der Waals surface area (Å²) < 4.78 is 8.24. The molecule has 36 heavy (non-hydrogen) atoms. The van der Waals surface area contributed by atoms with E-state index in [1.807, 2.05) is 0 Å². The Kier molecular flexibility index (Phi) is 25.2. The van der Waals surface area contributed by atoms with Gasteiger partial charge in [-0.25, -0.2) is 9.59 Å². The second-order valence-electron chi connectivity index (χ2n) is 6.36. The van der Waals surface area contributed by atoms with E-state index < -0.39 is 97.5 Å². The van der Waals surface area contributed by atoms with Crippen molar-refractivity contribution in [3.63, 3.8) is 0 Å². The van der Waals surface area contributed by atoms with Gasteiger partial charge in [0, 0.05) is 34.1 Å². The molecule has 0 saturated carbocycles. The number of aliphatic carboxylic acids is 4. The van der Waals surface area contributed by atoms with Crippen molar-refractivity contribution in [1.29, 1.82) is 0 Å². The number of hydrogen-bond donors (Lipinski definition) is 6. The number of carboxylic acid groups (broad SMARTS) is 4. The Balaban J connectivity index is -0.000000801. The Morgan fingerprint density at radius 2 is 0.750 bits per heavy atom. The van der Waals surface area contributed by atoms with E-state index in [2.05, 4.69) is 9.47 Å². The van der Waals surface area contributed by atoms with Gasteiger partial charge in [-0.3, -0.25) is 28.8 Å². The van der Waals surface area contributed by atoms with Crippen molar-refractivity contribution in [2.45, 2.75) is 49.7 Å². The van der Waals surface area contributed by atoms with Crippen LogP contribution in [0.2, 0.25) is 0 Å². The molecule has 0 aliphatic carbocycles. The van der Waals surface area contributed by atoms with Gasteiger partial charge in [0.15, 0.2) is 11.2 Å². The number of hydrogen-bond acceptors (Lipinski definition) is 12. The molecule has 198 valence electrons. The van der Waals surface area contributed by atoms with E-state index in [9.17, 15) is 48.6 Å². The fourth-order valence-corrected chi connectivity index (χ4v) is 2.04. The first-order valence-electron chi connectivity index (χ1n) is 8.33. The molecule has 0 aromatic heterocycles. The zero-order valence-corrected chi connectivity index (χ0v) is 18.9. The third kappa shape index (κ3) is 17.6. The predicted molar refractivity (Wildman–Crippen MR) is 105 cm³/mol. The molecule has 2 unspecified atom stereocenters. The number of carbonyl (C=O) groups excluding carboxylic acids is 4. The zero-order chi connectivity index (χ0) is 25.3. The van der Waals surface area contributed by atoms with Crippen LogP contribution in [0.25, 0.3) is 0 Å². The Hall–Kier alpha value is -0.881. The number of aliphatic hydroxyl groups is 2. The van der Waals surface area contributed by atoms with Gasteiger partial charge in [-0.1, -0.05) is 0 Å². The molecule has 0 aromatic carbocycles. The van der Waals surface area contributed by atoms with Gasteiger partial charge in [-0.05, 0) is 0 Å². The molecule has 16 nitrogen and oxygen atoms in total. The summed E-state index contributed by atoms with van der Waals surface area (Å²) in [6.07, 6.45) is -7.43. The number of ether oxygens (including phenoxy) is 2. The fourth-order valence-electron chi connectivity index (χ4n) is 2.04. The first-order valence-corrected chi connectivity index (χ1v) is 8.33. The maximum absolute atomic E-state index is 11.5. The summed E-state index contributed by atoms with van der Waals surface area (Å²) in [7, 11) is 0. The van der Waals surface area contributed by atoms with Crippen LogP contribution >= 0.6 is 0 Å². The normalized spacial score (nSPS) is 12.6. The van der Waals surface area contributed by atoms with E-state index in [1.165, 1.54) is 0 Å². The number of rotatable bonds is 13. The van der Waals surface area contributed by atoms with Crippen LogP contribution in [0.1, 0.15) is 38.5 Å². The van der Waals surface area contributed by atoms with Crippen LogP contribution in [0, 0.1) is 0 Å². The minimum atomic E-state index is -3.06. The van der Waals surface area contributed by atoms with E-state index in [4.69, 9.17) is 20.4 Å². The van der Waals surface area contributed by atoms with Crippen LogP contribution in [0.15, 0.2) is 0 Å². The predicted octanol–water partition coefficient (Wildman–Crippen LogP) is -4.03. The van der Waals surface area contributed by atoms with Gasteiger partial charge in [0.25, 0.3) is 0 Å². The van der Waals surface area contributed by atoms with Gasteiger partial charge >= 0.3 is 107 Å². The molecule has 0 heterocycles. The van der Waals surface area contributed by atoms with Gasteiger partial charge < -0.3 is 40.1 Å². The summed E-state index contributed by atoms with van der Waals surface area (Å²) in [6, 6.07) is 0. The molecule has 0 radical (unpaired) electrons. The number of carbonyl (C=O) groups is 8. The molecule has 20 heteroatoms. The third-order valence-electron chi connectivity index (χ3n) is 3.55. The molecule has 0 aromatic rings. The fraction of sp³-hybridized carbons (Fsp3) is 0.500. The van der Waals surface area contributed by atoms with Crippen molar-refractivity contribution in [1.82, 2.24) is 0 Å². The van der Waals surface area contributed by atoms with Gasteiger partial charge in [-0.15, -0.1) is 0 Å². The average molecular weight is 626 g/mol. The Morgan fingerprint density at radius 1 is 0.500 bits per heavy atom. The number of esters is 4. The monoisotopic (exact) mass is 626 g/mol. The van der Waals surface area contributed by atoms with E-state index in [0.29, 0.717) is 0 Å². The van der Waals surface area contributed by atoms with Crippen LogP contribution in [-0.4, -0.2) is 149 Å². The van der Waals surface area contributed by atoms with Crippen molar-refractivity contribution in [3.8, 4) is 0 Å². The molecule has 0 saturated heterocycles. The second-order valence-corrected chi connectivity index (χ2v) is 6.36. The minimum absolute atomic E-state index is 0. The molecule has 0 spiro atoms. The molecule has 0 rings (SSSR count). The van der Waals surface area contributed by atoms with Crippen molar-refractivity contribution in [2.75, 3.05) is 0 Å². The molecule has 0 aliphatic heterocycles. The second kappa shape index (κ2) is 20.1. The van der Waals surface area contributed by atoms with E-state index in [0.717, 1.165) is 0 Å². The molecular formula is C16H20Fe2Na2O16.